The second kappa shape index (κ2) is 36.5. The Morgan fingerprint density at radius 2 is 0.753 bits per heavy atom. The predicted molar refractivity (Wildman–Crippen MR) is 308 cm³/mol. The summed E-state index contributed by atoms with van der Waals surface area (Å²) in [5.41, 5.74) is -0.497. The Morgan fingerprint density at radius 3 is 1.03 bits per heavy atom. The van der Waals surface area contributed by atoms with Crippen molar-refractivity contribution >= 4 is 99.0 Å². The molecule has 0 atom stereocenters. The monoisotopic (exact) mass is 1290 g/mol. The number of nitrogens with zero attached hydrogens (tertiary/aromatic N) is 4. The van der Waals surface area contributed by atoms with Crippen molar-refractivity contribution in [3.8, 4) is 0 Å². The molecule has 89 heavy (non-hydrogen) atoms. The number of esters is 2. The number of sulfone groups is 1. The van der Waals surface area contributed by atoms with Crippen LogP contribution in [0.4, 0.5) is 4.79 Å². The Hall–Kier alpha value is -8.00. The number of amides is 9. The van der Waals surface area contributed by atoms with Crippen LogP contribution in [-0.2, 0) is 120 Å². The molecule has 4 heterocycles. The first-order valence-electron chi connectivity index (χ1n) is 27.7. The van der Waals surface area contributed by atoms with E-state index >= 15 is 0 Å². The minimum Gasteiger partial charge on any atom is -0.460 e. The molecule has 504 valence electrons. The Morgan fingerprint density at radius 1 is 0.427 bits per heavy atom. The molecule has 0 aliphatic carbocycles. The van der Waals surface area contributed by atoms with Gasteiger partial charge in [0.25, 0.3) is 47.3 Å². The number of carbonyl (C=O) groups excluding carboxylic acids is 15. The van der Waals surface area contributed by atoms with E-state index in [2.05, 4.69) is 38.0 Å². The van der Waals surface area contributed by atoms with Crippen LogP contribution >= 0.6 is 0 Å². The first-order valence-corrected chi connectivity index (χ1v) is 29.3. The summed E-state index contributed by atoms with van der Waals surface area (Å²) < 4.78 is 41.0. The fourth-order valence-electron chi connectivity index (χ4n) is 5.51. The van der Waals surface area contributed by atoms with Gasteiger partial charge in [0.1, 0.15) is 23.4 Å². The zero-order chi connectivity index (χ0) is 69.9. The first kappa shape index (κ1) is 83.1. The lowest BCUT2D eigenvalue weighted by Gasteiger charge is -2.20. The molecule has 0 saturated carbocycles. The summed E-state index contributed by atoms with van der Waals surface area (Å²) in [6, 6.07) is 0. The Kier molecular flexibility index (Phi) is 34.0. The topological polar surface area (TPSA) is 398 Å². The van der Waals surface area contributed by atoms with E-state index in [0.29, 0.717) is 20.3 Å². The summed E-state index contributed by atoms with van der Waals surface area (Å²) >= 11 is 0. The minimum atomic E-state index is -3.07. The van der Waals surface area contributed by atoms with Crippen molar-refractivity contribution in [3.63, 3.8) is 0 Å². The largest absolute Gasteiger partial charge is 0.534 e. The number of hydrogen-bond acceptors (Lipinski definition) is 26. The van der Waals surface area contributed by atoms with Gasteiger partial charge < -0.3 is 33.5 Å². The van der Waals surface area contributed by atoms with Crippen LogP contribution < -0.4 is 5.48 Å². The van der Waals surface area contributed by atoms with Crippen LogP contribution in [0.25, 0.3) is 0 Å². The molecule has 31 nitrogen and oxygen atoms in total. The van der Waals surface area contributed by atoms with Crippen molar-refractivity contribution in [1.29, 1.82) is 0 Å². The van der Waals surface area contributed by atoms with E-state index in [1.54, 1.807) is 104 Å². The molecule has 4 fully saturated rings. The second-order valence-electron chi connectivity index (χ2n) is 24.9. The van der Waals surface area contributed by atoms with Crippen LogP contribution in [0.15, 0.2) is 24.6 Å². The molecule has 0 aromatic carbocycles. The molecule has 4 rings (SSSR count). The fraction of sp³-hybridized carbons (Fsp3) is 0.667. The van der Waals surface area contributed by atoms with Crippen LogP contribution in [-0.4, -0.2) is 157 Å². The van der Waals surface area contributed by atoms with E-state index in [9.17, 15) is 80.3 Å². The van der Waals surface area contributed by atoms with E-state index in [1.165, 1.54) is 0 Å². The summed E-state index contributed by atoms with van der Waals surface area (Å²) in [4.78, 5) is 191. The van der Waals surface area contributed by atoms with Crippen LogP contribution in [0, 0.1) is 0 Å². The van der Waals surface area contributed by atoms with Gasteiger partial charge in [0.15, 0.2) is 9.84 Å². The molecule has 0 aromatic rings. The summed E-state index contributed by atoms with van der Waals surface area (Å²) in [6.45, 7) is 37.4. The zero-order valence-electron chi connectivity index (χ0n) is 54.3. The van der Waals surface area contributed by atoms with Gasteiger partial charge in [-0.2, -0.15) is 0 Å². The molecule has 0 radical (unpaired) electrons. The highest BCUT2D eigenvalue weighted by Crippen LogP contribution is 2.19. The average molecular weight is 1290 g/mol. The average Bonchev–Trinajstić information content (AvgIpc) is 2.17. The Labute approximate surface area is 518 Å². The van der Waals surface area contributed by atoms with Gasteiger partial charge in [0.05, 0.1) is 22.4 Å². The second-order valence-corrected chi connectivity index (χ2v) is 27.6. The number of carbonyl (C=O) groups is 15. The SMILES string of the molecule is C=CC(=O)OC(C)(C)C.C=CS(=O)(=O)C(C)(C)C.CC(C)(C)OC(=O)CCCC(=O)ON1C(=O)CCC1=O.CC(C)(C)OC(=O)ON1C(=O)CCC1=O.CC(C)(C)OCC(=O)ON1C(=O)CCC1=O.CC(C)(C)ONC(=O)CCC(=O)ON1C(=O)CCC1=O. The molecule has 4 aliphatic heterocycles. The van der Waals surface area contributed by atoms with Crippen molar-refractivity contribution in [2.45, 2.75) is 241 Å². The lowest BCUT2D eigenvalue weighted by molar-refractivity contribution is -0.202. The maximum absolute atomic E-state index is 11.4. The number of rotatable bonds is 16. The molecule has 0 spiro atoms. The number of imide groups is 4. The molecule has 32 heteroatoms. The normalized spacial score (nSPS) is 15.2. The third-order valence-corrected chi connectivity index (χ3v) is 11.8. The van der Waals surface area contributed by atoms with Gasteiger partial charge in [0, 0.05) is 82.1 Å². The van der Waals surface area contributed by atoms with Crippen LogP contribution in [0.3, 0.4) is 0 Å². The third kappa shape index (κ3) is 38.8. The van der Waals surface area contributed by atoms with E-state index in [-0.39, 0.29) is 96.0 Å². The predicted octanol–water partition coefficient (Wildman–Crippen LogP) is 5.59. The smallest absolute Gasteiger partial charge is 0.460 e. The molecular weight excluding hydrogens is 1200 g/mol. The van der Waals surface area contributed by atoms with E-state index in [4.69, 9.17) is 23.8 Å². The van der Waals surface area contributed by atoms with Crippen molar-refractivity contribution in [2.24, 2.45) is 0 Å². The summed E-state index contributed by atoms with van der Waals surface area (Å²) in [6.07, 6.45) is 0.459. The Bertz CT molecular complexity index is 2650. The molecule has 0 aromatic heterocycles. The molecule has 1 N–H and O–H groups in total. The molecular formula is C57H89N5O26S. The van der Waals surface area contributed by atoms with E-state index in [1.807, 2.05) is 20.8 Å². The highest BCUT2D eigenvalue weighted by molar-refractivity contribution is 7.95. The highest BCUT2D eigenvalue weighted by atomic mass is 32.2. The van der Waals surface area contributed by atoms with Crippen LogP contribution in [0.5, 0.6) is 0 Å². The molecule has 0 unspecified atom stereocenters. The van der Waals surface area contributed by atoms with Crippen LogP contribution in [0.1, 0.15) is 208 Å². The molecule has 9 amide bonds. The zero-order valence-corrected chi connectivity index (χ0v) is 55.1. The van der Waals surface area contributed by atoms with Crippen molar-refractivity contribution in [2.75, 3.05) is 6.61 Å². The Balaban J connectivity index is 0. The third-order valence-electron chi connectivity index (χ3n) is 9.64. The minimum absolute atomic E-state index is 0.0338. The summed E-state index contributed by atoms with van der Waals surface area (Å²) in [5.74, 6) is -7.72. The first-order chi connectivity index (χ1) is 40.2. The van der Waals surface area contributed by atoms with Gasteiger partial charge in [-0.05, 0) is 131 Å². The number of ether oxygens (including phenoxy) is 4. The lowest BCUT2D eigenvalue weighted by atomic mass is 10.2. The molecule has 4 saturated heterocycles. The summed E-state index contributed by atoms with van der Waals surface area (Å²) in [5, 5.41) is 2.90. The van der Waals surface area contributed by atoms with Crippen LogP contribution in [0.2, 0.25) is 0 Å². The standard InChI is InChI=1S/C13H19NO6.C12H18N2O6.C10H15NO5.C9H13NO5.C7H12O2.C6H12O2S/c1-13(2,3)19-11(17)5-4-6-12(18)20-14-9(15)7-8-10(14)16;1-12(2,3)20-13-8(15)4-7-11(18)19-14-9(16)5-6-10(14)17;1-10(2,3)15-6-9(14)16-11-7(12)4-5-8(11)13;1-9(2,3)14-8(13)15-10-6(11)4-5-7(10)12;1-5-6(8)9-7(2,3)4;1-5-9(7,8)6(2,3)4/h4-8H2,1-3H3;4-7H2,1-3H3,(H,13,15);4-6H2,1-3H3;4-5H2,1-3H3;2*5H,1H2,2-4H3. The fourth-order valence-corrected chi connectivity index (χ4v) is 6.01. The van der Waals surface area contributed by atoms with Crippen molar-refractivity contribution in [3.05, 3.63) is 24.6 Å². The lowest BCUT2D eigenvalue weighted by Crippen LogP contribution is -2.35. The van der Waals surface area contributed by atoms with Gasteiger partial charge in [-0.25, -0.2) is 37.9 Å². The maximum Gasteiger partial charge on any atom is 0.534 e. The van der Waals surface area contributed by atoms with Crippen molar-refractivity contribution in [1.82, 2.24) is 25.7 Å². The number of hydrogen-bond donors (Lipinski definition) is 1. The van der Waals surface area contributed by atoms with Crippen molar-refractivity contribution < 1.29 is 123 Å². The number of hydroxylamine groups is 9. The van der Waals surface area contributed by atoms with Gasteiger partial charge in [-0.15, -0.1) is 15.2 Å². The van der Waals surface area contributed by atoms with E-state index in [0.717, 1.165) is 11.5 Å². The number of nitrogens with one attached hydrogen (secondary N) is 1. The molecule has 4 aliphatic rings. The highest BCUT2D eigenvalue weighted by Gasteiger charge is 2.37. The molecule has 0 bridgehead atoms. The van der Waals surface area contributed by atoms with E-state index < -0.39 is 126 Å². The maximum atomic E-state index is 11.4. The van der Waals surface area contributed by atoms with Gasteiger partial charge in [-0.1, -0.05) is 18.2 Å². The quantitative estimate of drug-likeness (QED) is 0.0646. The van der Waals surface area contributed by atoms with Gasteiger partial charge in [0.2, 0.25) is 5.91 Å². The van der Waals surface area contributed by atoms with Gasteiger partial charge in [-0.3, -0.25) is 57.6 Å². The van der Waals surface area contributed by atoms with Gasteiger partial charge >= 0.3 is 36.0 Å². The summed E-state index contributed by atoms with van der Waals surface area (Å²) in [7, 11) is -3.07.